The molecule has 0 aliphatic carbocycles. The number of rotatable bonds is 5. The number of nitrogens with one attached hydrogen (secondary N) is 1. The Labute approximate surface area is 102 Å². The van der Waals surface area contributed by atoms with Gasteiger partial charge in [-0.25, -0.2) is 0 Å². The Hall–Kier alpha value is -1.59. The van der Waals surface area contributed by atoms with Gasteiger partial charge in [-0.15, -0.1) is 0 Å². The van der Waals surface area contributed by atoms with Gasteiger partial charge < -0.3 is 15.1 Å². The molecule has 0 unspecified atom stereocenters. The van der Waals surface area contributed by atoms with Gasteiger partial charge in [-0.3, -0.25) is 10.6 Å². The molecule has 94 valence electrons. The smallest absolute Gasteiger partial charge is 0.255 e. The fraction of sp³-hybridized carbons (Fsp3) is 0.417. The summed E-state index contributed by atoms with van der Waals surface area (Å²) in [5.41, 5.74) is 4.76. The van der Waals surface area contributed by atoms with Gasteiger partial charge in [0.2, 0.25) is 0 Å². The summed E-state index contributed by atoms with van der Waals surface area (Å²) in [6.45, 7) is 3.00. The van der Waals surface area contributed by atoms with Crippen LogP contribution < -0.4 is 11.3 Å². The lowest BCUT2D eigenvalue weighted by Crippen LogP contribution is -2.31. The minimum atomic E-state index is -0.0706. The number of aryl methyl sites for hydroxylation is 1. The summed E-state index contributed by atoms with van der Waals surface area (Å²) in [4.78, 5) is 13.8. The van der Waals surface area contributed by atoms with Gasteiger partial charge in [0.25, 0.3) is 5.91 Å². The predicted molar refractivity (Wildman–Crippen MR) is 67.8 cm³/mol. The minimum absolute atomic E-state index is 0.0706. The van der Waals surface area contributed by atoms with Gasteiger partial charge in [-0.2, -0.15) is 0 Å². The van der Waals surface area contributed by atoms with Crippen LogP contribution in [0.25, 0.3) is 0 Å². The zero-order valence-corrected chi connectivity index (χ0v) is 10.5. The number of benzene rings is 1. The maximum absolute atomic E-state index is 12.2. The van der Waals surface area contributed by atoms with E-state index in [2.05, 4.69) is 5.43 Å². The maximum atomic E-state index is 12.2. The van der Waals surface area contributed by atoms with Crippen LogP contribution in [-0.4, -0.2) is 38.1 Å². The second kappa shape index (κ2) is 6.22. The van der Waals surface area contributed by atoms with E-state index in [1.807, 2.05) is 19.1 Å². The molecule has 5 nitrogen and oxygen atoms in total. The largest absolute Gasteiger partial charge is 0.383 e. The molecule has 0 saturated heterocycles. The summed E-state index contributed by atoms with van der Waals surface area (Å²) in [6.07, 6.45) is 0. The predicted octanol–water partition coefficient (Wildman–Crippen LogP) is 0.999. The van der Waals surface area contributed by atoms with E-state index in [0.29, 0.717) is 24.4 Å². The van der Waals surface area contributed by atoms with Crippen molar-refractivity contribution < 1.29 is 9.53 Å². The Morgan fingerprint density at radius 1 is 1.53 bits per heavy atom. The number of nitrogens with zero attached hydrogens (tertiary/aromatic N) is 1. The van der Waals surface area contributed by atoms with Crippen molar-refractivity contribution in [3.63, 3.8) is 0 Å². The molecule has 1 aromatic carbocycles. The van der Waals surface area contributed by atoms with Crippen molar-refractivity contribution in [2.24, 2.45) is 5.84 Å². The van der Waals surface area contributed by atoms with E-state index in [9.17, 15) is 4.79 Å². The number of likely N-dealkylation sites (N-methyl/N-ethyl adjacent to an activating group) is 1. The Morgan fingerprint density at radius 2 is 2.24 bits per heavy atom. The van der Waals surface area contributed by atoms with Crippen molar-refractivity contribution in [3.8, 4) is 0 Å². The van der Waals surface area contributed by atoms with Crippen LogP contribution in [0.1, 0.15) is 15.9 Å². The molecule has 1 amide bonds. The van der Waals surface area contributed by atoms with Crippen molar-refractivity contribution in [2.45, 2.75) is 6.92 Å². The first kappa shape index (κ1) is 13.5. The quantitative estimate of drug-likeness (QED) is 0.592. The first-order valence-corrected chi connectivity index (χ1v) is 5.41. The number of hydrogen-bond donors (Lipinski definition) is 2. The van der Waals surface area contributed by atoms with Crippen LogP contribution in [0.15, 0.2) is 18.2 Å². The molecule has 1 rings (SSSR count). The summed E-state index contributed by atoms with van der Waals surface area (Å²) in [5.74, 6) is 5.32. The highest BCUT2D eigenvalue weighted by atomic mass is 16.5. The normalized spacial score (nSPS) is 10.1. The second-order valence-corrected chi connectivity index (χ2v) is 3.91. The van der Waals surface area contributed by atoms with Crippen LogP contribution in [0.2, 0.25) is 0 Å². The number of nitrogen functional groups attached to an aromatic ring is 1. The van der Waals surface area contributed by atoms with Crippen molar-refractivity contribution in [2.75, 3.05) is 32.7 Å². The Kier molecular flexibility index (Phi) is 4.93. The Balaban J connectivity index is 2.90. The molecule has 0 fully saturated rings. The van der Waals surface area contributed by atoms with E-state index >= 15 is 0 Å². The Morgan fingerprint density at radius 3 is 2.82 bits per heavy atom. The molecule has 0 saturated carbocycles. The highest BCUT2D eigenvalue weighted by Crippen LogP contribution is 2.17. The Bertz CT molecular complexity index is 393. The number of methoxy groups -OCH3 is 1. The molecule has 0 spiro atoms. The molecule has 0 aromatic heterocycles. The third-order valence-electron chi connectivity index (χ3n) is 2.54. The molecular weight excluding hydrogens is 218 g/mol. The standard InChI is InChI=1S/C12H19N3O2/c1-9-4-5-11(14-13)10(8-9)12(16)15(2)6-7-17-3/h4-5,8,14H,6-7,13H2,1-3H3. The first-order chi connectivity index (χ1) is 8.10. The molecule has 1 aromatic rings. The van der Waals surface area contributed by atoms with Crippen molar-refractivity contribution in [1.82, 2.24) is 4.90 Å². The summed E-state index contributed by atoms with van der Waals surface area (Å²) >= 11 is 0. The van der Waals surface area contributed by atoms with Gasteiger partial charge in [-0.1, -0.05) is 11.6 Å². The molecule has 0 atom stereocenters. The SMILES string of the molecule is COCCN(C)C(=O)c1cc(C)ccc1NN. The number of ether oxygens (including phenoxy) is 1. The van der Waals surface area contributed by atoms with Crippen LogP contribution in [0.4, 0.5) is 5.69 Å². The van der Waals surface area contributed by atoms with E-state index < -0.39 is 0 Å². The van der Waals surface area contributed by atoms with Gasteiger partial charge in [0.05, 0.1) is 17.9 Å². The van der Waals surface area contributed by atoms with Crippen molar-refractivity contribution in [1.29, 1.82) is 0 Å². The van der Waals surface area contributed by atoms with Gasteiger partial charge in [0.1, 0.15) is 0 Å². The van der Waals surface area contributed by atoms with E-state index in [1.165, 1.54) is 0 Å². The molecule has 17 heavy (non-hydrogen) atoms. The fourth-order valence-corrected chi connectivity index (χ4v) is 1.50. The summed E-state index contributed by atoms with van der Waals surface area (Å²) in [7, 11) is 3.35. The van der Waals surface area contributed by atoms with Gasteiger partial charge in [-0.05, 0) is 19.1 Å². The average molecular weight is 237 g/mol. The lowest BCUT2D eigenvalue weighted by molar-refractivity contribution is 0.0745. The number of nitrogens with two attached hydrogens (primary N) is 1. The number of anilines is 1. The monoisotopic (exact) mass is 237 g/mol. The highest BCUT2D eigenvalue weighted by Gasteiger charge is 2.15. The molecule has 0 heterocycles. The molecule has 0 aliphatic rings. The van der Waals surface area contributed by atoms with E-state index in [0.717, 1.165) is 5.56 Å². The molecule has 0 radical (unpaired) electrons. The van der Waals surface area contributed by atoms with Crippen LogP contribution in [0.5, 0.6) is 0 Å². The van der Waals surface area contributed by atoms with Crippen LogP contribution in [-0.2, 0) is 4.74 Å². The zero-order valence-electron chi connectivity index (χ0n) is 10.5. The molecule has 5 heteroatoms. The summed E-state index contributed by atoms with van der Waals surface area (Å²) in [6, 6.07) is 5.52. The molecule has 0 bridgehead atoms. The van der Waals surface area contributed by atoms with Crippen LogP contribution in [0, 0.1) is 6.92 Å². The topological polar surface area (TPSA) is 67.6 Å². The van der Waals surface area contributed by atoms with Gasteiger partial charge >= 0.3 is 0 Å². The van der Waals surface area contributed by atoms with Gasteiger partial charge in [0, 0.05) is 20.7 Å². The third kappa shape index (κ3) is 3.44. The number of hydrogen-bond acceptors (Lipinski definition) is 4. The summed E-state index contributed by atoms with van der Waals surface area (Å²) in [5, 5.41) is 0. The van der Waals surface area contributed by atoms with E-state index in [-0.39, 0.29) is 5.91 Å². The second-order valence-electron chi connectivity index (χ2n) is 3.91. The first-order valence-electron chi connectivity index (χ1n) is 5.41. The van der Waals surface area contributed by atoms with E-state index in [1.54, 1.807) is 25.1 Å². The minimum Gasteiger partial charge on any atom is -0.383 e. The van der Waals surface area contributed by atoms with Crippen molar-refractivity contribution in [3.05, 3.63) is 29.3 Å². The highest BCUT2D eigenvalue weighted by molar-refractivity contribution is 5.99. The molecular formula is C12H19N3O2. The number of amides is 1. The maximum Gasteiger partial charge on any atom is 0.255 e. The van der Waals surface area contributed by atoms with E-state index in [4.69, 9.17) is 10.6 Å². The molecule has 0 aliphatic heterocycles. The lowest BCUT2D eigenvalue weighted by Gasteiger charge is -2.18. The number of carbonyl (C=O) groups is 1. The third-order valence-corrected chi connectivity index (χ3v) is 2.54. The van der Waals surface area contributed by atoms with Crippen LogP contribution in [0.3, 0.4) is 0 Å². The lowest BCUT2D eigenvalue weighted by atomic mass is 10.1. The molecule has 3 N–H and O–H groups in total. The zero-order chi connectivity index (χ0) is 12.8. The number of carbonyl (C=O) groups excluding carboxylic acids is 1. The van der Waals surface area contributed by atoms with Crippen LogP contribution >= 0.6 is 0 Å². The number of hydrazine groups is 1. The average Bonchev–Trinajstić information content (AvgIpc) is 2.34. The van der Waals surface area contributed by atoms with Gasteiger partial charge in [0.15, 0.2) is 0 Å². The summed E-state index contributed by atoms with van der Waals surface area (Å²) < 4.78 is 4.94. The fourth-order valence-electron chi connectivity index (χ4n) is 1.50. The van der Waals surface area contributed by atoms with Crippen molar-refractivity contribution >= 4 is 11.6 Å².